The number of rotatable bonds is 4. The Morgan fingerprint density at radius 3 is 2.74 bits per heavy atom. The lowest BCUT2D eigenvalue weighted by atomic mass is 10.1. The molecule has 0 aliphatic heterocycles. The van der Waals surface area contributed by atoms with Gasteiger partial charge < -0.3 is 10.6 Å². The monoisotopic (exact) mass is 254 g/mol. The molecule has 1 aromatic carbocycles. The molecule has 0 aliphatic carbocycles. The first-order valence-corrected chi connectivity index (χ1v) is 6.13. The van der Waals surface area contributed by atoms with Crippen molar-refractivity contribution in [1.29, 1.82) is 5.41 Å². The molecule has 0 saturated heterocycles. The van der Waals surface area contributed by atoms with Crippen LogP contribution in [0, 0.1) is 12.3 Å². The molecule has 4 nitrogen and oxygen atoms in total. The van der Waals surface area contributed by atoms with Gasteiger partial charge in [-0.3, -0.25) is 10.4 Å². The van der Waals surface area contributed by atoms with Gasteiger partial charge in [-0.2, -0.15) is 0 Å². The topological polar surface area (TPSA) is 66.0 Å². The van der Waals surface area contributed by atoms with Gasteiger partial charge >= 0.3 is 0 Å². The molecule has 4 heteroatoms. The molecule has 1 aromatic heterocycles. The smallest absolute Gasteiger partial charge is 0.122 e. The third-order valence-corrected chi connectivity index (χ3v) is 3.06. The van der Waals surface area contributed by atoms with E-state index in [2.05, 4.69) is 16.0 Å². The molecule has 0 atom stereocenters. The maximum Gasteiger partial charge on any atom is 0.122 e. The summed E-state index contributed by atoms with van der Waals surface area (Å²) in [4.78, 5) is 6.28. The highest BCUT2D eigenvalue weighted by atomic mass is 15.1. The normalized spacial score (nSPS) is 10.2. The summed E-state index contributed by atoms with van der Waals surface area (Å²) in [7, 11) is 2.04. The summed E-state index contributed by atoms with van der Waals surface area (Å²) in [6.45, 7) is 2.83. The number of hydrogen-bond acceptors (Lipinski definition) is 3. The molecule has 0 amide bonds. The van der Waals surface area contributed by atoms with Crippen molar-refractivity contribution in [2.75, 3.05) is 11.9 Å². The fourth-order valence-corrected chi connectivity index (χ4v) is 2.10. The van der Waals surface area contributed by atoms with Gasteiger partial charge in [0.05, 0.1) is 0 Å². The van der Waals surface area contributed by atoms with E-state index in [0.717, 1.165) is 23.4 Å². The minimum Gasteiger partial charge on any atom is -0.384 e. The highest BCUT2D eigenvalue weighted by Crippen LogP contribution is 2.21. The molecule has 98 valence electrons. The Morgan fingerprint density at radius 2 is 2.16 bits per heavy atom. The first-order chi connectivity index (χ1) is 9.08. The lowest BCUT2D eigenvalue weighted by Crippen LogP contribution is -2.18. The predicted octanol–water partition coefficient (Wildman–Crippen LogP) is 2.31. The highest BCUT2D eigenvalue weighted by Gasteiger charge is 2.07. The number of aromatic nitrogens is 1. The molecular formula is C15H18N4. The highest BCUT2D eigenvalue weighted by molar-refractivity contribution is 5.95. The zero-order valence-corrected chi connectivity index (χ0v) is 11.2. The number of aryl methyl sites for hydroxylation is 1. The number of nitrogen functional groups attached to an aromatic ring is 1. The number of nitrogens with two attached hydrogens (primary N) is 1. The second-order valence-electron chi connectivity index (χ2n) is 4.63. The van der Waals surface area contributed by atoms with E-state index in [4.69, 9.17) is 11.1 Å². The van der Waals surface area contributed by atoms with Crippen LogP contribution in [0.2, 0.25) is 0 Å². The van der Waals surface area contributed by atoms with Crippen LogP contribution in [0.3, 0.4) is 0 Å². The Morgan fingerprint density at radius 1 is 1.37 bits per heavy atom. The Bertz CT molecular complexity index is 578. The number of anilines is 1. The summed E-state index contributed by atoms with van der Waals surface area (Å²) in [6.07, 6.45) is 3.65. The average molecular weight is 254 g/mol. The fraction of sp³-hybridized carbons (Fsp3) is 0.200. The molecule has 0 bridgehead atoms. The van der Waals surface area contributed by atoms with Gasteiger partial charge in [0.1, 0.15) is 5.84 Å². The quantitative estimate of drug-likeness (QED) is 0.650. The zero-order valence-electron chi connectivity index (χ0n) is 11.2. The molecular weight excluding hydrogens is 236 g/mol. The standard InChI is InChI=1S/C15H18N4/c1-11-8-13(15(16)17)5-6-14(11)19(2)10-12-4-3-7-18-9-12/h3-9H,10H2,1-2H3,(H3,16,17). The van der Waals surface area contributed by atoms with Gasteiger partial charge in [-0.1, -0.05) is 6.07 Å². The van der Waals surface area contributed by atoms with Gasteiger partial charge in [0.2, 0.25) is 0 Å². The second kappa shape index (κ2) is 5.52. The number of benzene rings is 1. The van der Waals surface area contributed by atoms with Crippen molar-refractivity contribution < 1.29 is 0 Å². The number of amidine groups is 1. The average Bonchev–Trinajstić information content (AvgIpc) is 2.39. The molecule has 0 fully saturated rings. The molecule has 0 saturated carbocycles. The van der Waals surface area contributed by atoms with Crippen molar-refractivity contribution in [1.82, 2.24) is 4.98 Å². The van der Waals surface area contributed by atoms with Gasteiger partial charge in [-0.15, -0.1) is 0 Å². The lowest BCUT2D eigenvalue weighted by Gasteiger charge is -2.22. The largest absolute Gasteiger partial charge is 0.384 e. The predicted molar refractivity (Wildman–Crippen MR) is 78.5 cm³/mol. The summed E-state index contributed by atoms with van der Waals surface area (Å²) in [5.41, 5.74) is 9.66. The number of hydrogen-bond donors (Lipinski definition) is 2. The summed E-state index contributed by atoms with van der Waals surface area (Å²) in [6, 6.07) is 9.82. The summed E-state index contributed by atoms with van der Waals surface area (Å²) < 4.78 is 0. The molecule has 0 unspecified atom stereocenters. The van der Waals surface area contributed by atoms with Crippen LogP contribution in [0.15, 0.2) is 42.7 Å². The van der Waals surface area contributed by atoms with Gasteiger partial charge in [-0.25, -0.2) is 0 Å². The van der Waals surface area contributed by atoms with Crippen molar-refractivity contribution in [3.8, 4) is 0 Å². The van der Waals surface area contributed by atoms with Crippen LogP contribution in [0.4, 0.5) is 5.69 Å². The molecule has 3 N–H and O–H groups in total. The molecule has 19 heavy (non-hydrogen) atoms. The van der Waals surface area contributed by atoms with E-state index in [-0.39, 0.29) is 5.84 Å². The molecule has 2 aromatic rings. The van der Waals surface area contributed by atoms with Gasteiger partial charge in [0.15, 0.2) is 0 Å². The van der Waals surface area contributed by atoms with Crippen LogP contribution < -0.4 is 10.6 Å². The summed E-state index contributed by atoms with van der Waals surface area (Å²) in [5.74, 6) is 0.101. The van der Waals surface area contributed by atoms with Crippen LogP contribution in [-0.4, -0.2) is 17.9 Å². The van der Waals surface area contributed by atoms with E-state index in [9.17, 15) is 0 Å². The second-order valence-corrected chi connectivity index (χ2v) is 4.63. The van der Waals surface area contributed by atoms with Crippen LogP contribution in [0.5, 0.6) is 0 Å². The van der Waals surface area contributed by atoms with E-state index in [1.807, 2.05) is 44.4 Å². The van der Waals surface area contributed by atoms with Crippen molar-refractivity contribution in [2.24, 2.45) is 5.73 Å². The molecule has 0 radical (unpaired) electrons. The number of pyridine rings is 1. The third-order valence-electron chi connectivity index (χ3n) is 3.06. The van der Waals surface area contributed by atoms with Crippen LogP contribution in [-0.2, 0) is 6.54 Å². The lowest BCUT2D eigenvalue weighted by molar-refractivity contribution is 0.910. The van der Waals surface area contributed by atoms with Crippen LogP contribution >= 0.6 is 0 Å². The first-order valence-electron chi connectivity index (χ1n) is 6.13. The minimum absolute atomic E-state index is 0.101. The van der Waals surface area contributed by atoms with Crippen molar-refractivity contribution >= 4 is 11.5 Å². The third kappa shape index (κ3) is 3.10. The maximum atomic E-state index is 7.45. The van der Waals surface area contributed by atoms with Crippen LogP contribution in [0.25, 0.3) is 0 Å². The van der Waals surface area contributed by atoms with E-state index in [1.165, 1.54) is 5.56 Å². The van der Waals surface area contributed by atoms with Gasteiger partial charge in [0.25, 0.3) is 0 Å². The Labute approximate surface area is 113 Å². The van der Waals surface area contributed by atoms with E-state index in [0.29, 0.717) is 0 Å². The Hall–Kier alpha value is -2.36. The molecule has 1 heterocycles. The van der Waals surface area contributed by atoms with E-state index < -0.39 is 0 Å². The summed E-state index contributed by atoms with van der Waals surface area (Å²) >= 11 is 0. The minimum atomic E-state index is 0.101. The SMILES string of the molecule is Cc1cc(C(=N)N)ccc1N(C)Cc1cccnc1. The van der Waals surface area contributed by atoms with Crippen molar-refractivity contribution in [2.45, 2.75) is 13.5 Å². The van der Waals surface area contributed by atoms with Crippen LogP contribution in [0.1, 0.15) is 16.7 Å². The van der Waals surface area contributed by atoms with Gasteiger partial charge in [0, 0.05) is 37.2 Å². The molecule has 0 aliphatic rings. The summed E-state index contributed by atoms with van der Waals surface area (Å²) in [5, 5.41) is 7.45. The fourth-order valence-electron chi connectivity index (χ4n) is 2.10. The molecule has 0 spiro atoms. The van der Waals surface area contributed by atoms with E-state index >= 15 is 0 Å². The van der Waals surface area contributed by atoms with Crippen molar-refractivity contribution in [3.05, 3.63) is 59.4 Å². The number of nitrogens with zero attached hydrogens (tertiary/aromatic N) is 2. The van der Waals surface area contributed by atoms with E-state index in [1.54, 1.807) is 6.20 Å². The number of nitrogens with one attached hydrogen (secondary N) is 1. The Balaban J connectivity index is 2.20. The zero-order chi connectivity index (χ0) is 13.8. The Kier molecular flexibility index (Phi) is 3.80. The van der Waals surface area contributed by atoms with Crippen molar-refractivity contribution in [3.63, 3.8) is 0 Å². The van der Waals surface area contributed by atoms with Gasteiger partial charge in [-0.05, 0) is 42.3 Å². The molecule has 2 rings (SSSR count). The maximum absolute atomic E-state index is 7.45. The first kappa shape index (κ1) is 13.1.